The van der Waals surface area contributed by atoms with Gasteiger partial charge in [-0.2, -0.15) is 0 Å². The molecule has 0 bridgehead atoms. The van der Waals surface area contributed by atoms with Crippen LogP contribution in [0, 0.1) is 0 Å². The second-order valence-electron chi connectivity index (χ2n) is 5.56. The van der Waals surface area contributed by atoms with E-state index in [1.54, 1.807) is 0 Å². The van der Waals surface area contributed by atoms with Crippen molar-refractivity contribution in [1.29, 1.82) is 0 Å². The number of hydrogen-bond donors (Lipinski definition) is 0. The monoisotopic (exact) mass is 322 g/mol. The van der Waals surface area contributed by atoms with Crippen LogP contribution in [0.15, 0.2) is 23.1 Å². The van der Waals surface area contributed by atoms with Crippen LogP contribution >= 0.6 is 15.9 Å². The highest BCUT2D eigenvalue weighted by molar-refractivity contribution is 9.10. The summed E-state index contributed by atoms with van der Waals surface area (Å²) in [6.07, 6.45) is 4.56. The predicted octanol–water partition coefficient (Wildman–Crippen LogP) is 3.34. The molecule has 0 aliphatic heterocycles. The van der Waals surface area contributed by atoms with E-state index >= 15 is 0 Å². The Morgan fingerprint density at radius 2 is 2.00 bits per heavy atom. The summed E-state index contributed by atoms with van der Waals surface area (Å²) in [4.78, 5) is 13.5. The number of hydrogen-bond acceptors (Lipinski definition) is 3. The van der Waals surface area contributed by atoms with E-state index in [0.717, 1.165) is 34.9 Å². The molecule has 0 aromatic carbocycles. The lowest BCUT2D eigenvalue weighted by Gasteiger charge is -2.17. The van der Waals surface area contributed by atoms with Crippen molar-refractivity contribution in [2.45, 2.75) is 46.1 Å². The Hall–Kier alpha value is -1.23. The first-order chi connectivity index (χ1) is 8.90. The zero-order valence-electron chi connectivity index (χ0n) is 11.8. The van der Waals surface area contributed by atoms with Crippen molar-refractivity contribution in [3.63, 3.8) is 0 Å². The molecule has 0 saturated heterocycles. The SMILES string of the molecule is CCn1ccnc1Cc1cc(Br)nc(C(C)(C)C)n1. The van der Waals surface area contributed by atoms with Gasteiger partial charge >= 0.3 is 0 Å². The lowest BCUT2D eigenvalue weighted by atomic mass is 9.95. The van der Waals surface area contributed by atoms with Gasteiger partial charge in [0.25, 0.3) is 0 Å². The summed E-state index contributed by atoms with van der Waals surface area (Å²) < 4.78 is 2.96. The first-order valence-electron chi connectivity index (χ1n) is 6.44. The molecule has 0 spiro atoms. The molecule has 102 valence electrons. The van der Waals surface area contributed by atoms with Crippen LogP contribution in [-0.4, -0.2) is 19.5 Å². The van der Waals surface area contributed by atoms with E-state index in [4.69, 9.17) is 0 Å². The Kier molecular flexibility index (Phi) is 4.04. The summed E-state index contributed by atoms with van der Waals surface area (Å²) in [7, 11) is 0. The maximum Gasteiger partial charge on any atom is 0.135 e. The third kappa shape index (κ3) is 3.41. The topological polar surface area (TPSA) is 43.6 Å². The van der Waals surface area contributed by atoms with Crippen molar-refractivity contribution in [1.82, 2.24) is 19.5 Å². The maximum atomic E-state index is 4.66. The summed E-state index contributed by atoms with van der Waals surface area (Å²) in [5.41, 5.74) is 0.936. The molecular formula is C14H19BrN4. The van der Waals surface area contributed by atoms with E-state index in [2.05, 4.69) is 63.1 Å². The van der Waals surface area contributed by atoms with Gasteiger partial charge in [-0.1, -0.05) is 20.8 Å². The summed E-state index contributed by atoms with van der Waals surface area (Å²) in [5, 5.41) is 0. The number of aryl methyl sites for hydroxylation is 1. The predicted molar refractivity (Wildman–Crippen MR) is 79.1 cm³/mol. The van der Waals surface area contributed by atoms with Crippen molar-refractivity contribution < 1.29 is 0 Å². The standard InChI is InChI=1S/C14H19BrN4/c1-5-19-7-6-16-12(19)9-10-8-11(15)18-13(17-10)14(2,3)4/h6-8H,5,9H2,1-4H3. The van der Waals surface area contributed by atoms with E-state index in [9.17, 15) is 0 Å². The molecule has 0 aliphatic rings. The van der Waals surface area contributed by atoms with Gasteiger partial charge in [0.05, 0.1) is 5.69 Å². The van der Waals surface area contributed by atoms with Gasteiger partial charge in [-0.15, -0.1) is 0 Å². The Morgan fingerprint density at radius 1 is 1.26 bits per heavy atom. The van der Waals surface area contributed by atoms with Crippen molar-refractivity contribution in [2.75, 3.05) is 0 Å². The molecule has 0 aliphatic carbocycles. The maximum absolute atomic E-state index is 4.66. The van der Waals surface area contributed by atoms with Crippen LogP contribution in [-0.2, 0) is 18.4 Å². The molecule has 4 nitrogen and oxygen atoms in total. The molecule has 0 atom stereocenters. The minimum Gasteiger partial charge on any atom is -0.335 e. The van der Waals surface area contributed by atoms with Crippen LogP contribution in [0.1, 0.15) is 45.0 Å². The van der Waals surface area contributed by atoms with E-state index in [-0.39, 0.29) is 5.41 Å². The number of rotatable bonds is 3. The molecule has 0 N–H and O–H groups in total. The summed E-state index contributed by atoms with van der Waals surface area (Å²) in [6.45, 7) is 9.39. The van der Waals surface area contributed by atoms with E-state index in [0.29, 0.717) is 0 Å². The normalized spacial score (nSPS) is 11.8. The highest BCUT2D eigenvalue weighted by atomic mass is 79.9. The van der Waals surface area contributed by atoms with Gasteiger partial charge in [0, 0.05) is 30.8 Å². The summed E-state index contributed by atoms with van der Waals surface area (Å²) >= 11 is 3.47. The van der Waals surface area contributed by atoms with Crippen molar-refractivity contribution >= 4 is 15.9 Å². The van der Waals surface area contributed by atoms with Crippen LogP contribution in [0.25, 0.3) is 0 Å². The molecule has 2 rings (SSSR count). The van der Waals surface area contributed by atoms with Gasteiger partial charge < -0.3 is 4.57 Å². The van der Waals surface area contributed by atoms with E-state index in [1.807, 2.05) is 18.5 Å². The Labute approximate surface area is 122 Å². The lowest BCUT2D eigenvalue weighted by Crippen LogP contribution is -2.17. The average molecular weight is 323 g/mol. The zero-order chi connectivity index (χ0) is 14.0. The Morgan fingerprint density at radius 3 is 2.63 bits per heavy atom. The molecule has 0 unspecified atom stereocenters. The fourth-order valence-electron chi connectivity index (χ4n) is 1.85. The molecule has 0 amide bonds. The molecule has 0 radical (unpaired) electrons. The van der Waals surface area contributed by atoms with E-state index in [1.165, 1.54) is 0 Å². The molecule has 0 fully saturated rings. The quantitative estimate of drug-likeness (QED) is 0.814. The lowest BCUT2D eigenvalue weighted by molar-refractivity contribution is 0.539. The van der Waals surface area contributed by atoms with Gasteiger partial charge in [-0.05, 0) is 28.9 Å². The molecule has 2 aromatic rings. The first kappa shape index (κ1) is 14.2. The zero-order valence-corrected chi connectivity index (χ0v) is 13.4. The van der Waals surface area contributed by atoms with Gasteiger partial charge in [-0.25, -0.2) is 15.0 Å². The smallest absolute Gasteiger partial charge is 0.135 e. The van der Waals surface area contributed by atoms with Gasteiger partial charge in [0.2, 0.25) is 0 Å². The van der Waals surface area contributed by atoms with E-state index < -0.39 is 0 Å². The molecule has 5 heteroatoms. The molecule has 2 heterocycles. The average Bonchev–Trinajstić information content (AvgIpc) is 2.74. The minimum atomic E-state index is -0.0568. The van der Waals surface area contributed by atoms with Gasteiger partial charge in [0.15, 0.2) is 0 Å². The van der Waals surface area contributed by atoms with Gasteiger partial charge in [-0.3, -0.25) is 0 Å². The van der Waals surface area contributed by atoms with Crippen LogP contribution in [0.5, 0.6) is 0 Å². The van der Waals surface area contributed by atoms with Crippen LogP contribution in [0.2, 0.25) is 0 Å². The number of halogens is 1. The molecule has 0 saturated carbocycles. The fourth-order valence-corrected chi connectivity index (χ4v) is 2.28. The van der Waals surface area contributed by atoms with Crippen molar-refractivity contribution in [3.05, 3.63) is 40.4 Å². The van der Waals surface area contributed by atoms with Crippen molar-refractivity contribution in [3.8, 4) is 0 Å². The van der Waals surface area contributed by atoms with Gasteiger partial charge in [0.1, 0.15) is 16.3 Å². The third-order valence-electron chi connectivity index (χ3n) is 2.90. The second kappa shape index (κ2) is 5.41. The number of nitrogens with zero attached hydrogens (tertiary/aromatic N) is 4. The summed E-state index contributed by atoms with van der Waals surface area (Å²) in [5.74, 6) is 1.89. The largest absolute Gasteiger partial charge is 0.335 e. The van der Waals surface area contributed by atoms with Crippen LogP contribution in [0.4, 0.5) is 0 Å². The summed E-state index contributed by atoms with van der Waals surface area (Å²) in [6, 6.07) is 1.96. The fraction of sp³-hybridized carbons (Fsp3) is 0.500. The van der Waals surface area contributed by atoms with Crippen molar-refractivity contribution in [2.24, 2.45) is 0 Å². The highest BCUT2D eigenvalue weighted by Crippen LogP contribution is 2.21. The first-order valence-corrected chi connectivity index (χ1v) is 7.23. The van der Waals surface area contributed by atoms with Crippen LogP contribution < -0.4 is 0 Å². The highest BCUT2D eigenvalue weighted by Gasteiger charge is 2.19. The third-order valence-corrected chi connectivity index (χ3v) is 3.31. The number of aromatic nitrogens is 4. The Balaban J connectivity index is 2.33. The Bertz CT molecular complexity index is 569. The second-order valence-corrected chi connectivity index (χ2v) is 6.37. The number of imidazole rings is 1. The minimum absolute atomic E-state index is 0.0568. The molecule has 19 heavy (non-hydrogen) atoms. The molecule has 2 aromatic heterocycles. The molecular weight excluding hydrogens is 304 g/mol. The van der Waals surface area contributed by atoms with Crippen LogP contribution in [0.3, 0.4) is 0 Å².